The molecule has 2 aromatic carbocycles. The van der Waals surface area contributed by atoms with E-state index in [1.54, 1.807) is 42.7 Å². The predicted octanol–water partition coefficient (Wildman–Crippen LogP) is 5.33. The molecule has 0 atom stereocenters. The number of carbonyl (C=O) groups is 2. The maximum atomic E-state index is 12.7. The van der Waals surface area contributed by atoms with Gasteiger partial charge < -0.3 is 15.0 Å². The maximum Gasteiger partial charge on any atom is 0.253 e. The minimum Gasteiger partial charge on any atom is -0.489 e. The number of rotatable bonds is 7. The number of carbonyl (C=O) groups excluding carboxylic acids is 2. The third kappa shape index (κ3) is 6.78. The smallest absolute Gasteiger partial charge is 0.253 e. The van der Waals surface area contributed by atoms with Crippen LogP contribution < -0.4 is 10.1 Å². The lowest BCUT2D eigenvalue weighted by atomic mass is 10.1. The molecule has 1 aromatic heterocycles. The molecule has 0 saturated carbocycles. The normalized spacial score (nSPS) is 13.9. The van der Waals surface area contributed by atoms with Gasteiger partial charge in [-0.05, 0) is 66.9 Å². The average molecular weight is 456 g/mol. The van der Waals surface area contributed by atoms with E-state index in [2.05, 4.69) is 10.3 Å². The molecule has 1 fully saturated rings. The van der Waals surface area contributed by atoms with Crippen LogP contribution >= 0.6 is 0 Å². The number of pyridine rings is 1. The summed E-state index contributed by atoms with van der Waals surface area (Å²) in [6.45, 7) is 2.09. The second kappa shape index (κ2) is 11.8. The SMILES string of the molecule is O=C(/C=C/c1ccc(OCc2cccnc2)cc1)Nc1ccc(C(=O)N2CCCCCC2)cc1. The quantitative estimate of drug-likeness (QED) is 0.489. The van der Waals surface area contributed by atoms with Crippen molar-refractivity contribution < 1.29 is 14.3 Å². The monoisotopic (exact) mass is 455 g/mol. The van der Waals surface area contributed by atoms with Gasteiger partial charge in [-0.1, -0.05) is 31.0 Å². The first-order chi connectivity index (χ1) is 16.7. The summed E-state index contributed by atoms with van der Waals surface area (Å²) in [6.07, 6.45) is 11.2. The molecule has 3 aromatic rings. The molecule has 1 aliphatic heterocycles. The van der Waals surface area contributed by atoms with Crippen LogP contribution in [0, 0.1) is 0 Å². The van der Waals surface area contributed by atoms with Gasteiger partial charge in [0.1, 0.15) is 12.4 Å². The topological polar surface area (TPSA) is 71.5 Å². The Morgan fingerprint density at radius 2 is 1.68 bits per heavy atom. The van der Waals surface area contributed by atoms with Gasteiger partial charge in [0.15, 0.2) is 0 Å². The Morgan fingerprint density at radius 1 is 0.941 bits per heavy atom. The van der Waals surface area contributed by atoms with Crippen LogP contribution in [0.5, 0.6) is 5.75 Å². The number of hydrogen-bond acceptors (Lipinski definition) is 4. The zero-order chi connectivity index (χ0) is 23.6. The molecule has 34 heavy (non-hydrogen) atoms. The predicted molar refractivity (Wildman–Crippen MR) is 133 cm³/mol. The van der Waals surface area contributed by atoms with Gasteiger partial charge in [-0.3, -0.25) is 14.6 Å². The summed E-state index contributed by atoms with van der Waals surface area (Å²) < 4.78 is 5.75. The second-order valence-electron chi connectivity index (χ2n) is 8.33. The Kier molecular flexibility index (Phi) is 8.06. The first-order valence-corrected chi connectivity index (χ1v) is 11.7. The van der Waals surface area contributed by atoms with Crippen LogP contribution in [-0.2, 0) is 11.4 Å². The van der Waals surface area contributed by atoms with Crippen molar-refractivity contribution in [3.05, 3.63) is 95.8 Å². The van der Waals surface area contributed by atoms with Crippen LogP contribution in [-0.4, -0.2) is 34.8 Å². The Balaban J connectivity index is 1.26. The summed E-state index contributed by atoms with van der Waals surface area (Å²) in [4.78, 5) is 31.0. The highest BCUT2D eigenvalue weighted by molar-refractivity contribution is 6.02. The number of amides is 2. The molecular weight excluding hydrogens is 426 g/mol. The zero-order valence-electron chi connectivity index (χ0n) is 19.2. The zero-order valence-corrected chi connectivity index (χ0v) is 19.2. The molecule has 174 valence electrons. The molecule has 0 radical (unpaired) electrons. The summed E-state index contributed by atoms with van der Waals surface area (Å²) in [6, 6.07) is 18.5. The van der Waals surface area contributed by atoms with Crippen molar-refractivity contribution in [2.45, 2.75) is 32.3 Å². The third-order valence-electron chi connectivity index (χ3n) is 5.73. The number of likely N-dealkylation sites (tertiary alicyclic amines) is 1. The van der Waals surface area contributed by atoms with Gasteiger partial charge in [0, 0.05) is 48.4 Å². The summed E-state index contributed by atoms with van der Waals surface area (Å²) in [5.74, 6) is 0.580. The molecule has 1 aliphatic rings. The van der Waals surface area contributed by atoms with E-state index in [0.29, 0.717) is 17.9 Å². The summed E-state index contributed by atoms with van der Waals surface area (Å²) >= 11 is 0. The molecule has 4 rings (SSSR count). The molecule has 6 heteroatoms. The summed E-state index contributed by atoms with van der Waals surface area (Å²) in [7, 11) is 0. The average Bonchev–Trinajstić information content (AvgIpc) is 3.17. The van der Waals surface area contributed by atoms with E-state index in [9.17, 15) is 9.59 Å². The molecule has 0 bridgehead atoms. The van der Waals surface area contributed by atoms with E-state index in [0.717, 1.165) is 42.8 Å². The van der Waals surface area contributed by atoms with E-state index in [4.69, 9.17) is 4.74 Å². The molecule has 0 unspecified atom stereocenters. The van der Waals surface area contributed by atoms with E-state index >= 15 is 0 Å². The Hall–Kier alpha value is -3.93. The van der Waals surface area contributed by atoms with Gasteiger partial charge in [0.2, 0.25) is 5.91 Å². The summed E-state index contributed by atoms with van der Waals surface area (Å²) in [5, 5.41) is 2.84. The van der Waals surface area contributed by atoms with Crippen molar-refractivity contribution in [1.29, 1.82) is 0 Å². The number of nitrogens with zero attached hydrogens (tertiary/aromatic N) is 2. The van der Waals surface area contributed by atoms with Crippen molar-refractivity contribution in [2.24, 2.45) is 0 Å². The molecule has 0 aliphatic carbocycles. The number of nitrogens with one attached hydrogen (secondary N) is 1. The number of anilines is 1. The van der Waals surface area contributed by atoms with Gasteiger partial charge in [-0.15, -0.1) is 0 Å². The van der Waals surface area contributed by atoms with E-state index in [-0.39, 0.29) is 11.8 Å². The van der Waals surface area contributed by atoms with E-state index in [1.165, 1.54) is 18.9 Å². The van der Waals surface area contributed by atoms with Crippen LogP contribution in [0.15, 0.2) is 79.1 Å². The standard InChI is InChI=1S/C28H29N3O3/c32-27(16-9-22-7-14-26(15-8-22)34-21-23-6-5-17-29-20-23)30-25-12-10-24(11-13-25)28(33)31-18-3-1-2-4-19-31/h5-17,20H,1-4,18-19,21H2,(H,30,32)/b16-9+. The number of benzene rings is 2. The van der Waals surface area contributed by atoms with Crippen molar-refractivity contribution in [1.82, 2.24) is 9.88 Å². The van der Waals surface area contributed by atoms with E-state index in [1.807, 2.05) is 41.3 Å². The highest BCUT2D eigenvalue weighted by Crippen LogP contribution is 2.17. The van der Waals surface area contributed by atoms with Crippen molar-refractivity contribution >= 4 is 23.6 Å². The summed E-state index contributed by atoms with van der Waals surface area (Å²) in [5.41, 5.74) is 3.20. The van der Waals surface area contributed by atoms with Gasteiger partial charge in [0.05, 0.1) is 0 Å². The Morgan fingerprint density at radius 3 is 2.35 bits per heavy atom. The van der Waals surface area contributed by atoms with Crippen LogP contribution in [0.3, 0.4) is 0 Å². The molecule has 0 spiro atoms. The fraction of sp³-hybridized carbons (Fsp3) is 0.250. The maximum absolute atomic E-state index is 12.7. The molecule has 6 nitrogen and oxygen atoms in total. The minimum atomic E-state index is -0.233. The van der Waals surface area contributed by atoms with Crippen LogP contribution in [0.2, 0.25) is 0 Å². The van der Waals surface area contributed by atoms with Crippen LogP contribution in [0.1, 0.15) is 47.2 Å². The van der Waals surface area contributed by atoms with Crippen LogP contribution in [0.25, 0.3) is 6.08 Å². The second-order valence-corrected chi connectivity index (χ2v) is 8.33. The molecule has 2 amide bonds. The number of hydrogen-bond donors (Lipinski definition) is 1. The molecule has 1 N–H and O–H groups in total. The van der Waals surface area contributed by atoms with Crippen LogP contribution in [0.4, 0.5) is 5.69 Å². The van der Waals surface area contributed by atoms with E-state index < -0.39 is 0 Å². The minimum absolute atomic E-state index is 0.0625. The van der Waals surface area contributed by atoms with Gasteiger partial charge in [0.25, 0.3) is 5.91 Å². The highest BCUT2D eigenvalue weighted by atomic mass is 16.5. The lowest BCUT2D eigenvalue weighted by molar-refractivity contribution is -0.111. The Labute approximate surface area is 200 Å². The number of aromatic nitrogens is 1. The van der Waals surface area contributed by atoms with Gasteiger partial charge >= 0.3 is 0 Å². The van der Waals surface area contributed by atoms with Crippen molar-refractivity contribution in [3.8, 4) is 5.75 Å². The lowest BCUT2D eigenvalue weighted by Gasteiger charge is -2.20. The molecule has 2 heterocycles. The first kappa shape index (κ1) is 23.2. The molecular formula is C28H29N3O3. The third-order valence-corrected chi connectivity index (χ3v) is 5.73. The Bertz CT molecular complexity index is 1100. The fourth-order valence-corrected chi connectivity index (χ4v) is 3.83. The lowest BCUT2D eigenvalue weighted by Crippen LogP contribution is -2.31. The largest absolute Gasteiger partial charge is 0.489 e. The van der Waals surface area contributed by atoms with Gasteiger partial charge in [-0.2, -0.15) is 0 Å². The van der Waals surface area contributed by atoms with Crippen molar-refractivity contribution in [3.63, 3.8) is 0 Å². The molecule has 1 saturated heterocycles. The first-order valence-electron chi connectivity index (χ1n) is 11.7. The number of ether oxygens (including phenoxy) is 1. The fourth-order valence-electron chi connectivity index (χ4n) is 3.83. The highest BCUT2D eigenvalue weighted by Gasteiger charge is 2.17. The van der Waals surface area contributed by atoms with Gasteiger partial charge in [-0.25, -0.2) is 0 Å². The van der Waals surface area contributed by atoms with Crippen molar-refractivity contribution in [2.75, 3.05) is 18.4 Å².